The van der Waals surface area contributed by atoms with Crippen LogP contribution in [-0.2, 0) is 6.42 Å². The molecule has 2 heterocycles. The Morgan fingerprint density at radius 2 is 1.88 bits per heavy atom. The number of carbonyl (C=O) groups excluding carboxylic acids is 1. The number of carbonyl (C=O) groups is 1. The molecule has 0 aliphatic carbocycles. The number of aromatic hydroxyl groups is 1. The Kier molecular flexibility index (Phi) is 4.27. The first kappa shape index (κ1) is 16.7. The summed E-state index contributed by atoms with van der Waals surface area (Å²) in [6.07, 6.45) is 0.510. The van der Waals surface area contributed by atoms with E-state index in [0.717, 1.165) is 5.69 Å². The van der Waals surface area contributed by atoms with E-state index in [9.17, 15) is 14.7 Å². The van der Waals surface area contributed by atoms with Crippen LogP contribution in [0.2, 0.25) is 0 Å². The molecule has 2 aromatic heterocycles. The van der Waals surface area contributed by atoms with Crippen LogP contribution in [-0.4, -0.2) is 15.5 Å². The van der Waals surface area contributed by atoms with E-state index in [2.05, 4.69) is 0 Å². The number of para-hydroxylation sites is 1. The number of pyridine rings is 1. The van der Waals surface area contributed by atoms with Gasteiger partial charge in [-0.15, -0.1) is 0 Å². The molecule has 0 aliphatic heterocycles. The van der Waals surface area contributed by atoms with Crippen molar-refractivity contribution in [2.24, 2.45) is 0 Å². The Morgan fingerprint density at radius 1 is 1.16 bits per heavy atom. The Balaban J connectivity index is 2.23. The van der Waals surface area contributed by atoms with Crippen molar-refractivity contribution < 1.29 is 19.5 Å². The number of phenolic OH excluding ortho intramolecular Hbond substituents is 1. The SMILES string of the molecule is CCc1c(C)[n+](OC(=O)c2ccccc2O)c2cccc(C)n2c1=O. The van der Waals surface area contributed by atoms with Crippen LogP contribution in [0.4, 0.5) is 0 Å². The largest absolute Gasteiger partial charge is 0.507 e. The number of aromatic nitrogens is 2. The summed E-state index contributed by atoms with van der Waals surface area (Å²) in [6, 6.07) is 11.5. The third-order valence-corrected chi connectivity index (χ3v) is 4.23. The Morgan fingerprint density at radius 3 is 2.56 bits per heavy atom. The zero-order valence-corrected chi connectivity index (χ0v) is 14.3. The van der Waals surface area contributed by atoms with Gasteiger partial charge in [-0.1, -0.05) is 25.1 Å². The highest BCUT2D eigenvalue weighted by Crippen LogP contribution is 2.15. The van der Waals surface area contributed by atoms with E-state index < -0.39 is 5.97 Å². The lowest BCUT2D eigenvalue weighted by molar-refractivity contribution is -0.854. The number of hydrogen-bond donors (Lipinski definition) is 1. The van der Waals surface area contributed by atoms with E-state index in [1.165, 1.54) is 21.3 Å². The van der Waals surface area contributed by atoms with Gasteiger partial charge >= 0.3 is 17.2 Å². The minimum absolute atomic E-state index is 0.0597. The summed E-state index contributed by atoms with van der Waals surface area (Å²) in [6.45, 7) is 5.43. The molecule has 0 saturated heterocycles. The monoisotopic (exact) mass is 339 g/mol. The first-order valence-electron chi connectivity index (χ1n) is 8.02. The molecule has 0 bridgehead atoms. The van der Waals surface area contributed by atoms with Gasteiger partial charge in [-0.2, -0.15) is 4.40 Å². The number of rotatable bonds is 3. The highest BCUT2D eigenvalue weighted by atomic mass is 16.7. The van der Waals surface area contributed by atoms with Gasteiger partial charge in [0.15, 0.2) is 5.69 Å². The predicted octanol–water partition coefficient (Wildman–Crippen LogP) is 1.74. The maximum Gasteiger partial charge on any atom is 0.392 e. The molecule has 0 fully saturated rings. The number of fused-ring (bicyclic) bond motifs is 1. The standard InChI is InChI=1S/C19H18N2O4/c1-4-14-13(3)21(17-11-7-8-12(2)20(17)18(14)23)25-19(24)15-9-5-6-10-16(15)22/h5-11H,4H2,1-3H3/p+1. The summed E-state index contributed by atoms with van der Waals surface area (Å²) in [5.41, 5.74) is 2.25. The van der Waals surface area contributed by atoms with E-state index >= 15 is 0 Å². The maximum atomic E-state index is 12.7. The van der Waals surface area contributed by atoms with Crippen LogP contribution in [0, 0.1) is 13.8 Å². The highest BCUT2D eigenvalue weighted by molar-refractivity contribution is 5.92. The second-order valence-corrected chi connectivity index (χ2v) is 5.77. The fraction of sp³-hybridized carbons (Fsp3) is 0.211. The average molecular weight is 339 g/mol. The van der Waals surface area contributed by atoms with E-state index in [4.69, 9.17) is 4.84 Å². The minimum atomic E-state index is -0.699. The molecule has 0 spiro atoms. The number of phenols is 1. The third-order valence-electron chi connectivity index (χ3n) is 4.23. The lowest BCUT2D eigenvalue weighted by atomic mass is 10.2. The second kappa shape index (κ2) is 6.39. The number of benzene rings is 1. The van der Waals surface area contributed by atoms with Crippen molar-refractivity contribution in [1.82, 2.24) is 4.40 Å². The van der Waals surface area contributed by atoms with Crippen molar-refractivity contribution in [3.8, 4) is 5.75 Å². The van der Waals surface area contributed by atoms with E-state index in [1.807, 2.05) is 19.9 Å². The maximum absolute atomic E-state index is 12.7. The lowest BCUT2D eigenvalue weighted by Crippen LogP contribution is -2.53. The van der Waals surface area contributed by atoms with Crippen LogP contribution in [0.1, 0.15) is 34.2 Å². The molecule has 3 rings (SSSR count). The molecule has 3 aromatic rings. The molecule has 25 heavy (non-hydrogen) atoms. The molecule has 1 N–H and O–H groups in total. The molecule has 6 nitrogen and oxygen atoms in total. The Bertz CT molecular complexity index is 1040. The van der Waals surface area contributed by atoms with Crippen LogP contribution in [0.5, 0.6) is 5.75 Å². The molecule has 0 amide bonds. The van der Waals surface area contributed by atoms with Gasteiger partial charge in [-0.3, -0.25) is 4.84 Å². The molecule has 0 radical (unpaired) electrons. The predicted molar refractivity (Wildman–Crippen MR) is 91.7 cm³/mol. The van der Waals surface area contributed by atoms with E-state index in [-0.39, 0.29) is 16.9 Å². The molecule has 128 valence electrons. The molecular weight excluding hydrogens is 320 g/mol. The van der Waals surface area contributed by atoms with Crippen LogP contribution in [0.15, 0.2) is 47.3 Å². The molecule has 0 aliphatic rings. The molecule has 0 atom stereocenters. The number of aryl methyl sites for hydroxylation is 1. The van der Waals surface area contributed by atoms with Gasteiger partial charge in [0.05, 0.1) is 5.56 Å². The zero-order valence-electron chi connectivity index (χ0n) is 14.3. The van der Waals surface area contributed by atoms with Gasteiger partial charge in [0.2, 0.25) is 0 Å². The van der Waals surface area contributed by atoms with Gasteiger partial charge in [0.1, 0.15) is 17.0 Å². The van der Waals surface area contributed by atoms with Gasteiger partial charge in [0.25, 0.3) is 0 Å². The molecule has 6 heteroatoms. The lowest BCUT2D eigenvalue weighted by Gasteiger charge is -2.10. The summed E-state index contributed by atoms with van der Waals surface area (Å²) in [4.78, 5) is 30.8. The molecule has 1 aromatic carbocycles. The van der Waals surface area contributed by atoms with Gasteiger partial charge < -0.3 is 5.11 Å². The highest BCUT2D eigenvalue weighted by Gasteiger charge is 2.26. The van der Waals surface area contributed by atoms with Crippen molar-refractivity contribution >= 4 is 11.6 Å². The van der Waals surface area contributed by atoms with Crippen molar-refractivity contribution in [2.75, 3.05) is 0 Å². The average Bonchev–Trinajstić information content (AvgIpc) is 2.59. The van der Waals surface area contributed by atoms with Crippen LogP contribution in [0.3, 0.4) is 0 Å². The topological polar surface area (TPSA) is 71.9 Å². The van der Waals surface area contributed by atoms with Crippen molar-refractivity contribution in [3.63, 3.8) is 0 Å². The van der Waals surface area contributed by atoms with Gasteiger partial charge in [0, 0.05) is 13.0 Å². The van der Waals surface area contributed by atoms with Crippen LogP contribution in [0.25, 0.3) is 5.65 Å². The molecule has 0 saturated carbocycles. The summed E-state index contributed by atoms with van der Waals surface area (Å²) in [5.74, 6) is -0.856. The van der Waals surface area contributed by atoms with Crippen LogP contribution < -0.4 is 15.1 Å². The quantitative estimate of drug-likeness (QED) is 0.738. The normalized spacial score (nSPS) is 10.8. The number of hydrogen-bond acceptors (Lipinski definition) is 4. The van der Waals surface area contributed by atoms with Gasteiger partial charge in [-0.25, -0.2) is 9.59 Å². The van der Waals surface area contributed by atoms with Crippen molar-refractivity contribution in [1.29, 1.82) is 0 Å². The fourth-order valence-corrected chi connectivity index (χ4v) is 2.91. The van der Waals surface area contributed by atoms with E-state index in [1.54, 1.807) is 31.2 Å². The van der Waals surface area contributed by atoms with Crippen molar-refractivity contribution in [3.05, 3.63) is 75.3 Å². The molecule has 0 unspecified atom stereocenters. The summed E-state index contributed by atoms with van der Waals surface area (Å²) in [5, 5.41) is 9.87. The number of nitrogens with zero attached hydrogens (tertiary/aromatic N) is 2. The Labute approximate surface area is 144 Å². The fourth-order valence-electron chi connectivity index (χ4n) is 2.91. The third kappa shape index (κ3) is 2.76. The first-order chi connectivity index (χ1) is 12.0. The minimum Gasteiger partial charge on any atom is -0.507 e. The first-order valence-corrected chi connectivity index (χ1v) is 8.02. The summed E-state index contributed by atoms with van der Waals surface area (Å²) < 4.78 is 2.87. The molecular formula is C19H19N2O4+. The summed E-state index contributed by atoms with van der Waals surface area (Å²) in [7, 11) is 0. The smallest absolute Gasteiger partial charge is 0.392 e. The second-order valence-electron chi connectivity index (χ2n) is 5.77. The Hall–Kier alpha value is -3.15. The summed E-state index contributed by atoms with van der Waals surface area (Å²) >= 11 is 0. The van der Waals surface area contributed by atoms with Crippen LogP contribution >= 0.6 is 0 Å². The van der Waals surface area contributed by atoms with Crippen molar-refractivity contribution in [2.45, 2.75) is 27.2 Å². The van der Waals surface area contributed by atoms with Gasteiger partial charge in [-0.05, 0) is 36.3 Å². The zero-order chi connectivity index (χ0) is 18.1. The van der Waals surface area contributed by atoms with E-state index in [0.29, 0.717) is 23.3 Å².